The van der Waals surface area contributed by atoms with Gasteiger partial charge < -0.3 is 11.1 Å². The highest BCUT2D eigenvalue weighted by molar-refractivity contribution is 5.91. The second kappa shape index (κ2) is 5.08. The van der Waals surface area contributed by atoms with Crippen molar-refractivity contribution >= 4 is 22.4 Å². The molecule has 0 unspecified atom stereocenters. The van der Waals surface area contributed by atoms with Crippen LogP contribution >= 0.6 is 0 Å². The molecule has 6 nitrogen and oxygen atoms in total. The fourth-order valence-electron chi connectivity index (χ4n) is 1.99. The van der Waals surface area contributed by atoms with E-state index in [9.17, 15) is 0 Å². The molecular weight excluding hydrogens is 252 g/mol. The van der Waals surface area contributed by atoms with Crippen LogP contribution in [0.25, 0.3) is 10.9 Å². The third-order valence-corrected chi connectivity index (χ3v) is 2.93. The second-order valence-electron chi connectivity index (χ2n) is 4.45. The fourth-order valence-corrected chi connectivity index (χ4v) is 1.99. The Balaban J connectivity index is 1.89. The van der Waals surface area contributed by atoms with E-state index in [4.69, 9.17) is 5.73 Å². The fraction of sp³-hybridized carbons (Fsp3) is 0.143. The van der Waals surface area contributed by atoms with Crippen molar-refractivity contribution in [3.8, 4) is 0 Å². The predicted octanol–water partition coefficient (Wildman–Crippen LogP) is 1.92. The predicted molar refractivity (Wildman–Crippen MR) is 78.0 cm³/mol. The monoisotopic (exact) mass is 266 g/mol. The number of hydrogen-bond donors (Lipinski definition) is 2. The maximum Gasteiger partial charge on any atom is 0.137 e. The van der Waals surface area contributed by atoms with Crippen LogP contribution in [-0.2, 0) is 6.54 Å². The summed E-state index contributed by atoms with van der Waals surface area (Å²) in [7, 11) is 0. The number of nitrogens with zero attached hydrogens (tertiary/aromatic N) is 4. The summed E-state index contributed by atoms with van der Waals surface area (Å²) in [4.78, 5) is 16.9. The minimum absolute atomic E-state index is 0.574. The van der Waals surface area contributed by atoms with Crippen molar-refractivity contribution < 1.29 is 0 Å². The summed E-state index contributed by atoms with van der Waals surface area (Å²) >= 11 is 0. The molecule has 0 aliphatic carbocycles. The maximum atomic E-state index is 5.82. The highest BCUT2D eigenvalue weighted by Gasteiger charge is 2.04. The van der Waals surface area contributed by atoms with E-state index in [2.05, 4.69) is 25.3 Å². The lowest BCUT2D eigenvalue weighted by atomic mass is 10.2. The average molecular weight is 266 g/mol. The number of fused-ring (bicyclic) bond motifs is 1. The summed E-state index contributed by atoms with van der Waals surface area (Å²) in [6.45, 7) is 2.44. The largest absolute Gasteiger partial charge is 0.399 e. The van der Waals surface area contributed by atoms with Gasteiger partial charge in [0, 0.05) is 17.3 Å². The first kappa shape index (κ1) is 12.3. The molecule has 3 N–H and O–H groups in total. The third kappa shape index (κ3) is 2.49. The molecule has 3 rings (SSSR count). The van der Waals surface area contributed by atoms with Crippen LogP contribution in [-0.4, -0.2) is 19.9 Å². The molecule has 0 aliphatic heterocycles. The van der Waals surface area contributed by atoms with Gasteiger partial charge in [-0.05, 0) is 31.2 Å². The Bertz CT molecular complexity index is 755. The van der Waals surface area contributed by atoms with E-state index >= 15 is 0 Å². The SMILES string of the molecule is Cc1nccc(CNc2ncnc3ccc(N)cc23)n1. The van der Waals surface area contributed by atoms with Crippen molar-refractivity contribution in [1.82, 2.24) is 19.9 Å². The molecule has 3 aromatic rings. The van der Waals surface area contributed by atoms with Gasteiger partial charge in [-0.3, -0.25) is 0 Å². The summed E-state index contributed by atoms with van der Waals surface area (Å²) in [6.07, 6.45) is 3.28. The van der Waals surface area contributed by atoms with Crippen LogP contribution in [0, 0.1) is 6.92 Å². The molecule has 2 aromatic heterocycles. The number of hydrogen-bond acceptors (Lipinski definition) is 6. The number of nitrogens with one attached hydrogen (secondary N) is 1. The summed E-state index contributed by atoms with van der Waals surface area (Å²) in [5, 5.41) is 4.16. The van der Waals surface area contributed by atoms with Crippen LogP contribution in [0.15, 0.2) is 36.8 Å². The van der Waals surface area contributed by atoms with Crippen LogP contribution in [0.3, 0.4) is 0 Å². The molecule has 0 fully saturated rings. The lowest BCUT2D eigenvalue weighted by molar-refractivity contribution is 0.950. The van der Waals surface area contributed by atoms with E-state index in [0.717, 1.165) is 28.2 Å². The number of nitrogen functional groups attached to an aromatic ring is 1. The first-order chi connectivity index (χ1) is 9.72. The zero-order valence-corrected chi connectivity index (χ0v) is 11.0. The number of aromatic nitrogens is 4. The summed E-state index contributed by atoms with van der Waals surface area (Å²) in [5.41, 5.74) is 8.27. The Kier molecular flexibility index (Phi) is 3.12. The van der Waals surface area contributed by atoms with Crippen LogP contribution in [0.2, 0.25) is 0 Å². The zero-order valence-electron chi connectivity index (χ0n) is 11.0. The van der Waals surface area contributed by atoms with E-state index in [-0.39, 0.29) is 0 Å². The molecule has 6 heteroatoms. The van der Waals surface area contributed by atoms with E-state index in [0.29, 0.717) is 12.2 Å². The Hall–Kier alpha value is -2.76. The normalized spacial score (nSPS) is 10.7. The summed E-state index contributed by atoms with van der Waals surface area (Å²) in [6, 6.07) is 7.44. The molecule has 0 amide bonds. The molecule has 0 bridgehead atoms. The Morgan fingerprint density at radius 2 is 2.05 bits per heavy atom. The summed E-state index contributed by atoms with van der Waals surface area (Å²) in [5.74, 6) is 1.50. The van der Waals surface area contributed by atoms with Gasteiger partial charge in [-0.2, -0.15) is 0 Å². The number of rotatable bonds is 3. The zero-order chi connectivity index (χ0) is 13.9. The van der Waals surface area contributed by atoms with Gasteiger partial charge in [-0.1, -0.05) is 0 Å². The van der Waals surface area contributed by atoms with Crippen molar-refractivity contribution in [3.63, 3.8) is 0 Å². The number of aryl methyl sites for hydroxylation is 1. The van der Waals surface area contributed by atoms with Gasteiger partial charge in [0.05, 0.1) is 17.8 Å². The van der Waals surface area contributed by atoms with Crippen molar-refractivity contribution in [3.05, 3.63) is 48.3 Å². The Morgan fingerprint density at radius 1 is 1.15 bits per heavy atom. The third-order valence-electron chi connectivity index (χ3n) is 2.93. The average Bonchev–Trinajstić information content (AvgIpc) is 2.45. The molecule has 20 heavy (non-hydrogen) atoms. The van der Waals surface area contributed by atoms with Crippen LogP contribution in [0.1, 0.15) is 11.5 Å². The van der Waals surface area contributed by atoms with Crippen molar-refractivity contribution in [2.45, 2.75) is 13.5 Å². The van der Waals surface area contributed by atoms with Gasteiger partial charge in [0.2, 0.25) is 0 Å². The molecule has 100 valence electrons. The van der Waals surface area contributed by atoms with Gasteiger partial charge >= 0.3 is 0 Å². The van der Waals surface area contributed by atoms with Crippen LogP contribution in [0.4, 0.5) is 11.5 Å². The Morgan fingerprint density at radius 3 is 2.90 bits per heavy atom. The molecular formula is C14H14N6. The minimum atomic E-state index is 0.574. The molecule has 0 atom stereocenters. The molecule has 2 heterocycles. The van der Waals surface area contributed by atoms with Gasteiger partial charge in [-0.25, -0.2) is 19.9 Å². The first-order valence-electron chi connectivity index (χ1n) is 6.25. The Labute approximate surface area is 116 Å². The quantitative estimate of drug-likeness (QED) is 0.704. The lowest BCUT2D eigenvalue weighted by Crippen LogP contribution is -2.05. The van der Waals surface area contributed by atoms with E-state index < -0.39 is 0 Å². The molecule has 1 aromatic carbocycles. The standard InChI is InChI=1S/C14H14N6/c1-9-16-5-4-11(20-9)7-17-14-12-6-10(15)2-3-13(12)18-8-19-14/h2-6,8H,7,15H2,1H3,(H,17,18,19). The van der Waals surface area contributed by atoms with Gasteiger partial charge in [0.1, 0.15) is 18.0 Å². The molecule has 0 radical (unpaired) electrons. The van der Waals surface area contributed by atoms with Crippen molar-refractivity contribution in [2.24, 2.45) is 0 Å². The smallest absolute Gasteiger partial charge is 0.137 e. The van der Waals surface area contributed by atoms with E-state index in [1.807, 2.05) is 31.2 Å². The van der Waals surface area contributed by atoms with E-state index in [1.165, 1.54) is 6.33 Å². The topological polar surface area (TPSA) is 89.6 Å². The van der Waals surface area contributed by atoms with Gasteiger partial charge in [-0.15, -0.1) is 0 Å². The van der Waals surface area contributed by atoms with Gasteiger partial charge in [0.15, 0.2) is 0 Å². The minimum Gasteiger partial charge on any atom is -0.399 e. The van der Waals surface area contributed by atoms with Crippen LogP contribution < -0.4 is 11.1 Å². The van der Waals surface area contributed by atoms with Crippen molar-refractivity contribution in [1.29, 1.82) is 0 Å². The molecule has 0 aliphatic rings. The number of benzene rings is 1. The maximum absolute atomic E-state index is 5.82. The highest BCUT2D eigenvalue weighted by atomic mass is 15.0. The number of anilines is 2. The number of nitrogens with two attached hydrogens (primary N) is 1. The molecule has 0 saturated heterocycles. The second-order valence-corrected chi connectivity index (χ2v) is 4.45. The lowest BCUT2D eigenvalue weighted by Gasteiger charge is -2.08. The first-order valence-corrected chi connectivity index (χ1v) is 6.25. The highest BCUT2D eigenvalue weighted by Crippen LogP contribution is 2.21. The van der Waals surface area contributed by atoms with Gasteiger partial charge in [0.25, 0.3) is 0 Å². The van der Waals surface area contributed by atoms with Crippen LogP contribution in [0.5, 0.6) is 0 Å². The molecule has 0 saturated carbocycles. The molecule has 0 spiro atoms. The summed E-state index contributed by atoms with van der Waals surface area (Å²) < 4.78 is 0. The van der Waals surface area contributed by atoms with E-state index in [1.54, 1.807) is 6.20 Å². The van der Waals surface area contributed by atoms with Crippen molar-refractivity contribution in [2.75, 3.05) is 11.1 Å².